The molecule has 1 atom stereocenters. The van der Waals surface area contributed by atoms with Crippen molar-refractivity contribution in [2.24, 2.45) is 5.41 Å². The van der Waals surface area contributed by atoms with Crippen molar-refractivity contribution in [2.75, 3.05) is 44.3 Å². The molecule has 0 amide bonds. The normalized spacial score (nSPS) is 21.7. The van der Waals surface area contributed by atoms with E-state index in [0.29, 0.717) is 0 Å². The van der Waals surface area contributed by atoms with E-state index in [4.69, 9.17) is 4.74 Å². The van der Waals surface area contributed by atoms with Gasteiger partial charge in [0.05, 0.1) is 6.61 Å². The van der Waals surface area contributed by atoms with Crippen LogP contribution < -0.4 is 10.2 Å². The minimum atomic E-state index is -0.174. The van der Waals surface area contributed by atoms with E-state index in [9.17, 15) is 4.39 Å². The highest BCUT2D eigenvalue weighted by atomic mass is 19.1. The van der Waals surface area contributed by atoms with Gasteiger partial charge in [0.2, 0.25) is 0 Å². The maximum Gasteiger partial charge on any atom is 0.125 e. The first kappa shape index (κ1) is 16.2. The topological polar surface area (TPSA) is 24.5 Å². The molecule has 0 aromatic heterocycles. The molecule has 1 heterocycles. The second-order valence-corrected chi connectivity index (χ2v) is 5.97. The second kappa shape index (κ2) is 7.76. The largest absolute Gasteiger partial charge is 0.381 e. The highest BCUT2D eigenvalue weighted by Gasteiger charge is 2.36. The molecule has 0 radical (unpaired) electrons. The summed E-state index contributed by atoms with van der Waals surface area (Å²) >= 11 is 0. The number of hydrogen-bond donors (Lipinski definition) is 1. The van der Waals surface area contributed by atoms with E-state index in [-0.39, 0.29) is 11.2 Å². The van der Waals surface area contributed by atoms with Crippen molar-refractivity contribution in [2.45, 2.75) is 26.7 Å². The molecular formula is C17H27FN2O. The molecule has 118 valence electrons. The smallest absolute Gasteiger partial charge is 0.125 e. The molecule has 1 N–H and O–H groups in total. The summed E-state index contributed by atoms with van der Waals surface area (Å²) in [6, 6.07) is 6.87. The average molecular weight is 294 g/mol. The lowest BCUT2D eigenvalue weighted by Crippen LogP contribution is -2.45. The number of nitrogens with one attached hydrogen (secondary N) is 1. The van der Waals surface area contributed by atoms with Crippen LogP contribution in [0.4, 0.5) is 10.1 Å². The predicted octanol–water partition coefficient (Wildman–Crippen LogP) is 3.06. The highest BCUT2D eigenvalue weighted by Crippen LogP contribution is 2.31. The van der Waals surface area contributed by atoms with Gasteiger partial charge in [-0.25, -0.2) is 4.39 Å². The number of benzene rings is 1. The number of halogens is 1. The quantitative estimate of drug-likeness (QED) is 0.746. The van der Waals surface area contributed by atoms with Gasteiger partial charge in [-0.3, -0.25) is 0 Å². The van der Waals surface area contributed by atoms with Crippen molar-refractivity contribution in [1.29, 1.82) is 0 Å². The van der Waals surface area contributed by atoms with Gasteiger partial charge < -0.3 is 15.0 Å². The number of ether oxygens (including phenoxy) is 1. The molecule has 21 heavy (non-hydrogen) atoms. The van der Waals surface area contributed by atoms with Crippen LogP contribution in [0.1, 0.15) is 26.7 Å². The van der Waals surface area contributed by atoms with Crippen molar-refractivity contribution in [3.63, 3.8) is 0 Å². The summed E-state index contributed by atoms with van der Waals surface area (Å²) in [5, 5.41) is 3.53. The first-order valence-electron chi connectivity index (χ1n) is 7.98. The Bertz CT molecular complexity index is 433. The predicted molar refractivity (Wildman–Crippen MR) is 85.3 cm³/mol. The zero-order chi connectivity index (χ0) is 15.1. The second-order valence-electron chi connectivity index (χ2n) is 5.97. The fourth-order valence-electron chi connectivity index (χ4n) is 2.96. The third-order valence-corrected chi connectivity index (χ3v) is 4.19. The van der Waals surface area contributed by atoms with E-state index in [2.05, 4.69) is 24.1 Å². The van der Waals surface area contributed by atoms with Crippen LogP contribution in [-0.2, 0) is 4.74 Å². The molecule has 1 aliphatic rings. The summed E-state index contributed by atoms with van der Waals surface area (Å²) in [7, 11) is 0. The molecule has 1 saturated heterocycles. The molecule has 1 fully saturated rings. The van der Waals surface area contributed by atoms with Gasteiger partial charge in [0.15, 0.2) is 0 Å². The van der Waals surface area contributed by atoms with Gasteiger partial charge in [-0.1, -0.05) is 13.0 Å². The van der Waals surface area contributed by atoms with E-state index in [0.717, 1.165) is 57.9 Å². The molecule has 1 aromatic rings. The van der Waals surface area contributed by atoms with E-state index in [1.807, 2.05) is 6.07 Å². The summed E-state index contributed by atoms with van der Waals surface area (Å²) in [4.78, 5) is 2.26. The maximum atomic E-state index is 13.5. The molecule has 0 spiro atoms. The van der Waals surface area contributed by atoms with E-state index in [1.165, 1.54) is 6.07 Å². The van der Waals surface area contributed by atoms with Crippen molar-refractivity contribution < 1.29 is 9.13 Å². The fourth-order valence-corrected chi connectivity index (χ4v) is 2.96. The van der Waals surface area contributed by atoms with Gasteiger partial charge in [0.1, 0.15) is 5.82 Å². The van der Waals surface area contributed by atoms with Crippen LogP contribution in [0.25, 0.3) is 0 Å². The monoisotopic (exact) mass is 294 g/mol. The lowest BCUT2D eigenvalue weighted by Gasteiger charge is -2.35. The SMILES string of the molecule is CCCNCC1(CN(CC)c2cccc(F)c2)CCOC1. The van der Waals surface area contributed by atoms with Crippen LogP contribution in [0.5, 0.6) is 0 Å². The number of nitrogens with zero attached hydrogens (tertiary/aromatic N) is 1. The third-order valence-electron chi connectivity index (χ3n) is 4.19. The summed E-state index contributed by atoms with van der Waals surface area (Å²) < 4.78 is 19.1. The van der Waals surface area contributed by atoms with Gasteiger partial charge in [-0.05, 0) is 44.5 Å². The first-order valence-corrected chi connectivity index (χ1v) is 7.98. The van der Waals surface area contributed by atoms with Crippen LogP contribution in [0, 0.1) is 11.2 Å². The van der Waals surface area contributed by atoms with Crippen LogP contribution in [0.15, 0.2) is 24.3 Å². The van der Waals surface area contributed by atoms with Gasteiger partial charge in [-0.2, -0.15) is 0 Å². The van der Waals surface area contributed by atoms with E-state index in [1.54, 1.807) is 12.1 Å². The minimum Gasteiger partial charge on any atom is -0.381 e. The van der Waals surface area contributed by atoms with Crippen molar-refractivity contribution in [3.8, 4) is 0 Å². The van der Waals surface area contributed by atoms with Gasteiger partial charge in [0.25, 0.3) is 0 Å². The lowest BCUT2D eigenvalue weighted by atomic mass is 9.86. The molecule has 1 unspecified atom stereocenters. The van der Waals surface area contributed by atoms with Crippen LogP contribution in [0.3, 0.4) is 0 Å². The van der Waals surface area contributed by atoms with Crippen molar-refractivity contribution in [3.05, 3.63) is 30.1 Å². The first-order chi connectivity index (χ1) is 10.2. The molecule has 2 rings (SSSR count). The summed E-state index contributed by atoms with van der Waals surface area (Å²) in [5.74, 6) is -0.174. The van der Waals surface area contributed by atoms with Crippen LogP contribution in [-0.4, -0.2) is 39.4 Å². The zero-order valence-corrected chi connectivity index (χ0v) is 13.2. The molecule has 1 aliphatic heterocycles. The Morgan fingerprint density at radius 1 is 1.38 bits per heavy atom. The summed E-state index contributed by atoms with van der Waals surface area (Å²) in [5.41, 5.74) is 1.09. The Labute approximate surface area is 127 Å². The van der Waals surface area contributed by atoms with Crippen LogP contribution >= 0.6 is 0 Å². The van der Waals surface area contributed by atoms with Crippen molar-refractivity contribution in [1.82, 2.24) is 5.32 Å². The maximum absolute atomic E-state index is 13.5. The Balaban J connectivity index is 2.06. The standard InChI is InChI=1S/C17H27FN2O/c1-3-9-19-12-17(8-10-21-14-17)13-20(4-2)16-7-5-6-15(18)11-16/h5-7,11,19H,3-4,8-10,12-14H2,1-2H3. The zero-order valence-electron chi connectivity index (χ0n) is 13.2. The average Bonchev–Trinajstić information content (AvgIpc) is 2.94. The summed E-state index contributed by atoms with van der Waals surface area (Å²) in [6.07, 6.45) is 2.20. The third kappa shape index (κ3) is 4.42. The minimum absolute atomic E-state index is 0.136. The van der Waals surface area contributed by atoms with E-state index >= 15 is 0 Å². The molecular weight excluding hydrogens is 267 g/mol. The Morgan fingerprint density at radius 3 is 2.86 bits per heavy atom. The lowest BCUT2D eigenvalue weighted by molar-refractivity contribution is 0.152. The Kier molecular flexibility index (Phi) is 6.00. The number of anilines is 1. The molecule has 3 nitrogen and oxygen atoms in total. The fraction of sp³-hybridized carbons (Fsp3) is 0.647. The van der Waals surface area contributed by atoms with Crippen molar-refractivity contribution >= 4 is 5.69 Å². The molecule has 0 bridgehead atoms. The number of hydrogen-bond acceptors (Lipinski definition) is 3. The molecule has 1 aromatic carbocycles. The van der Waals surface area contributed by atoms with E-state index < -0.39 is 0 Å². The van der Waals surface area contributed by atoms with Gasteiger partial charge in [-0.15, -0.1) is 0 Å². The highest BCUT2D eigenvalue weighted by molar-refractivity contribution is 5.46. The Hall–Kier alpha value is -1.13. The molecule has 0 aliphatic carbocycles. The number of rotatable bonds is 8. The summed E-state index contributed by atoms with van der Waals surface area (Å²) in [6.45, 7) is 9.69. The Morgan fingerprint density at radius 2 is 2.24 bits per heavy atom. The molecule has 4 heteroatoms. The van der Waals surface area contributed by atoms with Crippen LogP contribution in [0.2, 0.25) is 0 Å². The molecule has 0 saturated carbocycles. The van der Waals surface area contributed by atoms with Gasteiger partial charge >= 0.3 is 0 Å². The van der Waals surface area contributed by atoms with Gasteiger partial charge in [0, 0.05) is 37.3 Å².